The minimum absolute atomic E-state index is 0.00548. The number of carbonyl (C=O) groups is 2. The summed E-state index contributed by atoms with van der Waals surface area (Å²) in [5.74, 6) is -0.701. The second kappa shape index (κ2) is 18.1. The van der Waals surface area contributed by atoms with Crippen LogP contribution in [0.3, 0.4) is 0 Å². The third-order valence-electron chi connectivity index (χ3n) is 9.91. The summed E-state index contributed by atoms with van der Waals surface area (Å²) in [7, 11) is 0. The number of pyridine rings is 2. The molecule has 12 nitrogen and oxygen atoms in total. The lowest BCUT2D eigenvalue weighted by molar-refractivity contribution is -0.128. The summed E-state index contributed by atoms with van der Waals surface area (Å²) in [4.78, 5) is 41.3. The van der Waals surface area contributed by atoms with Gasteiger partial charge >= 0.3 is 0 Å². The summed E-state index contributed by atoms with van der Waals surface area (Å²) in [5, 5.41) is 27.2. The Hall–Kier alpha value is -4.29. The van der Waals surface area contributed by atoms with Crippen molar-refractivity contribution in [2.24, 2.45) is 23.5 Å². The Morgan fingerprint density at radius 3 is 2.46 bits per heavy atom. The van der Waals surface area contributed by atoms with Gasteiger partial charge < -0.3 is 21.5 Å². The molecule has 1 aliphatic rings. The lowest BCUT2D eigenvalue weighted by Gasteiger charge is -2.33. The molecule has 0 spiro atoms. The van der Waals surface area contributed by atoms with Crippen molar-refractivity contribution >= 4 is 17.5 Å². The Bertz CT molecular complexity index is 1660. The van der Waals surface area contributed by atoms with Crippen LogP contribution in [0.15, 0.2) is 55.2 Å². The number of hydrogen-bond donors (Lipinski definition) is 4. The van der Waals surface area contributed by atoms with Crippen molar-refractivity contribution in [2.45, 2.75) is 103 Å². The molecule has 4 aromatic heterocycles. The van der Waals surface area contributed by atoms with Gasteiger partial charge in [0.1, 0.15) is 11.7 Å². The van der Waals surface area contributed by atoms with Gasteiger partial charge in [-0.1, -0.05) is 65.4 Å². The van der Waals surface area contributed by atoms with Gasteiger partial charge in [0, 0.05) is 55.6 Å². The van der Waals surface area contributed by atoms with Gasteiger partial charge in [0.25, 0.3) is 0 Å². The molecule has 50 heavy (non-hydrogen) atoms. The lowest BCUT2D eigenvalue weighted by Crippen LogP contribution is -2.49. The summed E-state index contributed by atoms with van der Waals surface area (Å²) >= 11 is 0. The molecule has 0 aromatic carbocycles. The van der Waals surface area contributed by atoms with Gasteiger partial charge in [-0.15, -0.1) is 10.2 Å². The number of aromatic nitrogens is 6. The lowest BCUT2D eigenvalue weighted by atomic mass is 9.81. The van der Waals surface area contributed by atoms with Crippen LogP contribution in [0, 0.1) is 17.8 Å². The molecule has 5 N–H and O–H groups in total. The zero-order valence-corrected chi connectivity index (χ0v) is 29.7. The normalized spacial score (nSPS) is 16.2. The van der Waals surface area contributed by atoms with Crippen LogP contribution < -0.4 is 16.4 Å². The molecule has 1 fully saturated rings. The SMILES string of the molecule is CCCc1nc(-c2cccnc2)cn2c(C(Cc3cccnc3)C(=O)NC(CC3CCCCC3)C(O)CC(C(=O)NCCN)C(C)C)nnc12. The monoisotopic (exact) mass is 683 g/mol. The minimum atomic E-state index is -0.927. The first kappa shape index (κ1) is 37.0. The maximum atomic E-state index is 14.7. The maximum Gasteiger partial charge on any atom is 0.231 e. The van der Waals surface area contributed by atoms with Crippen molar-refractivity contribution in [3.8, 4) is 11.3 Å². The fraction of sp³-hybridized carbons (Fsp3) is 0.553. The summed E-state index contributed by atoms with van der Waals surface area (Å²) in [6.45, 7) is 6.77. The Labute approximate surface area is 295 Å². The van der Waals surface area contributed by atoms with E-state index < -0.39 is 24.0 Å². The quantitative estimate of drug-likeness (QED) is 0.126. The average Bonchev–Trinajstić information content (AvgIpc) is 3.56. The van der Waals surface area contributed by atoms with E-state index in [0.717, 1.165) is 48.9 Å². The third kappa shape index (κ3) is 9.48. The molecule has 1 aliphatic carbocycles. The van der Waals surface area contributed by atoms with Gasteiger partial charge in [-0.3, -0.25) is 24.0 Å². The molecule has 2 amide bonds. The third-order valence-corrected chi connectivity index (χ3v) is 9.91. The Morgan fingerprint density at radius 1 is 1.04 bits per heavy atom. The highest BCUT2D eigenvalue weighted by Gasteiger charge is 2.35. The number of fused-ring (bicyclic) bond motifs is 1. The van der Waals surface area contributed by atoms with E-state index in [1.54, 1.807) is 24.8 Å². The number of rotatable bonds is 17. The molecule has 0 bridgehead atoms. The predicted molar refractivity (Wildman–Crippen MR) is 193 cm³/mol. The highest BCUT2D eigenvalue weighted by molar-refractivity contribution is 5.84. The van der Waals surface area contributed by atoms with Crippen LogP contribution in [0.25, 0.3) is 16.9 Å². The van der Waals surface area contributed by atoms with Crippen molar-refractivity contribution in [1.82, 2.24) is 40.2 Å². The van der Waals surface area contributed by atoms with Gasteiger partial charge in [0.2, 0.25) is 11.8 Å². The molecule has 0 aliphatic heterocycles. The molecule has 4 unspecified atom stereocenters. The van der Waals surface area contributed by atoms with Crippen LogP contribution in [-0.2, 0) is 22.4 Å². The number of carbonyl (C=O) groups excluding carboxylic acids is 2. The Morgan fingerprint density at radius 2 is 1.80 bits per heavy atom. The highest BCUT2D eigenvalue weighted by atomic mass is 16.3. The van der Waals surface area contributed by atoms with Gasteiger partial charge in [0.05, 0.1) is 23.5 Å². The van der Waals surface area contributed by atoms with Crippen LogP contribution in [-0.4, -0.2) is 71.7 Å². The fourth-order valence-corrected chi connectivity index (χ4v) is 7.14. The number of hydrogen-bond acceptors (Lipinski definition) is 9. The van der Waals surface area contributed by atoms with E-state index in [1.165, 1.54) is 6.42 Å². The molecule has 4 atom stereocenters. The maximum absolute atomic E-state index is 14.7. The van der Waals surface area contributed by atoms with Gasteiger partial charge in [-0.2, -0.15) is 0 Å². The van der Waals surface area contributed by atoms with Crippen molar-refractivity contribution in [3.63, 3.8) is 0 Å². The summed E-state index contributed by atoms with van der Waals surface area (Å²) in [6.07, 6.45) is 16.3. The van der Waals surface area contributed by atoms with Gasteiger partial charge in [0.15, 0.2) is 5.65 Å². The van der Waals surface area contributed by atoms with Gasteiger partial charge in [-0.05, 0) is 61.3 Å². The number of aliphatic hydroxyl groups excluding tert-OH is 1. The molecule has 4 heterocycles. The number of nitrogens with two attached hydrogens (primary N) is 1. The number of nitrogens with zero attached hydrogens (tertiary/aromatic N) is 6. The molecular formula is C38H53N9O3. The molecule has 268 valence electrons. The summed E-state index contributed by atoms with van der Waals surface area (Å²) in [5.41, 5.74) is 9.50. The summed E-state index contributed by atoms with van der Waals surface area (Å²) in [6, 6.07) is 7.08. The molecule has 4 aromatic rings. The highest BCUT2D eigenvalue weighted by Crippen LogP contribution is 2.31. The van der Waals surface area contributed by atoms with E-state index in [9.17, 15) is 14.7 Å². The van der Waals surface area contributed by atoms with Crippen LogP contribution in [0.5, 0.6) is 0 Å². The Kier molecular flexibility index (Phi) is 13.4. The number of aryl methyl sites for hydroxylation is 1. The van der Waals surface area contributed by atoms with Crippen LogP contribution in [0.2, 0.25) is 0 Å². The summed E-state index contributed by atoms with van der Waals surface area (Å²) < 4.78 is 1.89. The number of aliphatic hydroxyl groups is 1. The number of nitrogens with one attached hydrogen (secondary N) is 2. The smallest absolute Gasteiger partial charge is 0.231 e. The largest absolute Gasteiger partial charge is 0.391 e. The molecule has 1 saturated carbocycles. The van der Waals surface area contributed by atoms with Crippen LogP contribution >= 0.6 is 0 Å². The topological polar surface area (TPSA) is 173 Å². The zero-order valence-electron chi connectivity index (χ0n) is 29.7. The van der Waals surface area contributed by atoms with Crippen molar-refractivity contribution in [2.75, 3.05) is 13.1 Å². The van der Waals surface area contributed by atoms with E-state index in [1.807, 2.05) is 48.7 Å². The second-order valence-corrected chi connectivity index (χ2v) is 14.0. The minimum Gasteiger partial charge on any atom is -0.391 e. The van der Waals surface area contributed by atoms with Crippen molar-refractivity contribution < 1.29 is 14.7 Å². The predicted octanol–water partition coefficient (Wildman–Crippen LogP) is 4.41. The van der Waals surface area contributed by atoms with E-state index >= 15 is 0 Å². The fourth-order valence-electron chi connectivity index (χ4n) is 7.14. The zero-order chi connectivity index (χ0) is 35.5. The van der Waals surface area contributed by atoms with Crippen molar-refractivity contribution in [3.05, 3.63) is 72.3 Å². The number of amides is 2. The van der Waals surface area contributed by atoms with E-state index in [-0.39, 0.29) is 24.2 Å². The first-order valence-corrected chi connectivity index (χ1v) is 18.3. The first-order valence-electron chi connectivity index (χ1n) is 18.3. The average molecular weight is 684 g/mol. The van der Waals surface area contributed by atoms with Crippen LogP contribution in [0.4, 0.5) is 0 Å². The standard InChI is InChI=1S/C38H53N9O3/c1-4-10-31-36-46-45-35(47(36)24-33(43-31)28-14-9-17-41-23-28)30(19-27-13-8-16-40-22-27)38(50)44-32(20-26-11-6-5-7-12-26)34(48)21-29(25(2)3)37(49)42-18-15-39/h8-9,13-14,16-17,22-26,29-30,32,34,48H,4-7,10-12,15,18-21,39H2,1-3H3,(H,42,49)(H,44,50). The van der Waals surface area contributed by atoms with E-state index in [0.29, 0.717) is 55.4 Å². The first-order chi connectivity index (χ1) is 24.3. The molecule has 0 radical (unpaired) electrons. The molecule has 0 saturated heterocycles. The molecular weight excluding hydrogens is 630 g/mol. The van der Waals surface area contributed by atoms with Crippen molar-refractivity contribution in [1.29, 1.82) is 0 Å². The van der Waals surface area contributed by atoms with E-state index in [2.05, 4.69) is 37.7 Å². The second-order valence-electron chi connectivity index (χ2n) is 14.0. The molecule has 12 heteroatoms. The molecule has 5 rings (SSSR count). The van der Waals surface area contributed by atoms with Gasteiger partial charge in [-0.25, -0.2) is 4.98 Å². The Balaban J connectivity index is 1.51. The van der Waals surface area contributed by atoms with Crippen LogP contribution in [0.1, 0.15) is 95.1 Å². The van der Waals surface area contributed by atoms with E-state index in [4.69, 9.17) is 10.7 Å².